The number of aromatic nitrogens is 2. The third kappa shape index (κ3) is 3.46. The van der Waals surface area contributed by atoms with Crippen LogP contribution in [0, 0.1) is 10.1 Å². The number of nitrogens with one attached hydrogen (secondary N) is 1. The van der Waals surface area contributed by atoms with Gasteiger partial charge in [-0.25, -0.2) is 9.78 Å². The molecule has 0 bridgehead atoms. The summed E-state index contributed by atoms with van der Waals surface area (Å²) in [7, 11) is 1.53. The average molecular weight is 544 g/mol. The number of nitro benzene ring substituents is 1. The van der Waals surface area contributed by atoms with Crippen LogP contribution in [0.2, 0.25) is 0 Å². The summed E-state index contributed by atoms with van der Waals surface area (Å²) in [6.07, 6.45) is -4.12. The van der Waals surface area contributed by atoms with Crippen molar-refractivity contribution >= 4 is 28.5 Å². The molecule has 6 rings (SSSR count). The Morgan fingerprint density at radius 3 is 2.74 bits per heavy atom. The fraction of sp³-hybridized carbons (Fsp3) is 0.333. The second-order valence-electron chi connectivity index (χ2n) is 9.11. The molecule has 3 aliphatic heterocycles. The molecule has 13 nitrogen and oxygen atoms in total. The van der Waals surface area contributed by atoms with Crippen LogP contribution in [0.3, 0.4) is 0 Å². The third-order valence-corrected chi connectivity index (χ3v) is 6.92. The number of pyridine rings is 2. The van der Waals surface area contributed by atoms with Crippen LogP contribution in [0.4, 0.5) is 14.5 Å². The smallest absolute Gasteiger partial charge is 0.457 e. The first kappa shape index (κ1) is 24.7. The van der Waals surface area contributed by atoms with E-state index in [9.17, 15) is 33.3 Å². The van der Waals surface area contributed by atoms with Crippen LogP contribution in [0.5, 0.6) is 11.5 Å². The van der Waals surface area contributed by atoms with Crippen LogP contribution in [-0.4, -0.2) is 46.3 Å². The summed E-state index contributed by atoms with van der Waals surface area (Å²) in [5.74, 6) is -2.86. The first-order chi connectivity index (χ1) is 18.5. The number of likely N-dealkylation sites (N-methyl/N-ethyl adjacent to an activating group) is 1. The molecule has 0 fully saturated rings. The molecule has 0 amide bonds. The number of halogens is 2. The monoisotopic (exact) mass is 544 g/mol. The largest absolute Gasteiger partial charge is 0.586 e. The molecule has 5 heterocycles. The molecular formula is C24H18F2N4O9. The van der Waals surface area contributed by atoms with Crippen molar-refractivity contribution in [1.29, 1.82) is 0 Å². The van der Waals surface area contributed by atoms with Gasteiger partial charge in [-0.1, -0.05) is 6.92 Å². The van der Waals surface area contributed by atoms with Gasteiger partial charge in [-0.3, -0.25) is 19.7 Å². The van der Waals surface area contributed by atoms with E-state index in [1.165, 1.54) is 23.7 Å². The molecule has 1 atom stereocenters. The van der Waals surface area contributed by atoms with E-state index in [0.29, 0.717) is 5.56 Å². The summed E-state index contributed by atoms with van der Waals surface area (Å²) in [6.45, 7) is 1.02. The van der Waals surface area contributed by atoms with Crippen LogP contribution in [0.1, 0.15) is 30.0 Å². The molecule has 202 valence electrons. The Hall–Kier alpha value is -4.66. The van der Waals surface area contributed by atoms with E-state index in [1.54, 1.807) is 6.92 Å². The van der Waals surface area contributed by atoms with Crippen molar-refractivity contribution < 1.29 is 42.2 Å². The van der Waals surface area contributed by atoms with Gasteiger partial charge in [0.05, 0.1) is 45.9 Å². The maximum absolute atomic E-state index is 13.7. The van der Waals surface area contributed by atoms with Crippen molar-refractivity contribution in [3.05, 3.63) is 55.4 Å². The number of nitro groups is 1. The molecule has 3 aromatic rings. The molecule has 3 aliphatic rings. The molecule has 1 N–H and O–H groups in total. The number of esters is 2. The minimum atomic E-state index is -4.09. The predicted octanol–water partition coefficient (Wildman–Crippen LogP) is 2.08. The first-order valence-electron chi connectivity index (χ1n) is 11.7. The van der Waals surface area contributed by atoms with Gasteiger partial charge in [-0.2, -0.15) is 0 Å². The van der Waals surface area contributed by atoms with E-state index in [2.05, 4.69) is 19.8 Å². The van der Waals surface area contributed by atoms with Crippen molar-refractivity contribution in [2.24, 2.45) is 0 Å². The Labute approximate surface area is 216 Å². The van der Waals surface area contributed by atoms with Gasteiger partial charge in [-0.15, -0.1) is 8.78 Å². The number of cyclic esters (lactones) is 1. The predicted molar refractivity (Wildman–Crippen MR) is 125 cm³/mol. The van der Waals surface area contributed by atoms with E-state index >= 15 is 0 Å². The Morgan fingerprint density at radius 2 is 2.05 bits per heavy atom. The molecule has 0 saturated heterocycles. The molecule has 0 saturated carbocycles. The Bertz CT molecular complexity index is 1700. The number of alkyl halides is 2. The number of carbonyl (C=O) groups excluding carboxylic acids is 2. The zero-order chi connectivity index (χ0) is 27.9. The highest BCUT2D eigenvalue weighted by atomic mass is 19.3. The quantitative estimate of drug-likeness (QED) is 0.222. The molecule has 15 heteroatoms. The number of rotatable bonds is 5. The minimum Gasteiger partial charge on any atom is -0.457 e. The zero-order valence-corrected chi connectivity index (χ0v) is 20.3. The molecule has 1 aromatic carbocycles. The maximum Gasteiger partial charge on any atom is 0.586 e. The summed E-state index contributed by atoms with van der Waals surface area (Å²) < 4.78 is 48.5. The van der Waals surface area contributed by atoms with Gasteiger partial charge in [0.15, 0.2) is 5.75 Å². The molecular weight excluding hydrogens is 526 g/mol. The van der Waals surface area contributed by atoms with Gasteiger partial charge in [0.1, 0.15) is 6.61 Å². The van der Waals surface area contributed by atoms with E-state index in [-0.39, 0.29) is 59.5 Å². The third-order valence-electron chi connectivity index (χ3n) is 6.92. The SMILES string of the molecule is CCC1(OC(=O)CNC)C(=O)OCc2c1cc1n(c2=O)Cc2cc3c([N+](=O)[O-])c4c(cc3nc2-1)OC(F)(F)O4. The van der Waals surface area contributed by atoms with Gasteiger partial charge < -0.3 is 28.8 Å². The minimum absolute atomic E-state index is 0.0287. The van der Waals surface area contributed by atoms with Gasteiger partial charge in [0.2, 0.25) is 5.60 Å². The van der Waals surface area contributed by atoms with Crippen LogP contribution < -0.4 is 20.3 Å². The average Bonchev–Trinajstić information content (AvgIpc) is 3.38. The van der Waals surface area contributed by atoms with Crippen LogP contribution in [0.25, 0.3) is 22.3 Å². The van der Waals surface area contributed by atoms with Gasteiger partial charge >= 0.3 is 23.9 Å². The number of fused-ring (bicyclic) bond motifs is 6. The summed E-state index contributed by atoms with van der Waals surface area (Å²) in [5, 5.41) is 14.4. The maximum atomic E-state index is 13.7. The Morgan fingerprint density at radius 1 is 1.28 bits per heavy atom. The summed E-state index contributed by atoms with van der Waals surface area (Å²) >= 11 is 0. The fourth-order valence-corrected chi connectivity index (χ4v) is 5.22. The fourth-order valence-electron chi connectivity index (χ4n) is 5.22. The molecule has 2 aromatic heterocycles. The molecule has 39 heavy (non-hydrogen) atoms. The van der Waals surface area contributed by atoms with Gasteiger partial charge in [0.25, 0.3) is 11.3 Å². The number of ether oxygens (including phenoxy) is 4. The van der Waals surface area contributed by atoms with Crippen molar-refractivity contribution in [3.8, 4) is 22.9 Å². The Kier molecular flexibility index (Phi) is 5.17. The normalized spacial score (nSPS) is 19.7. The Balaban J connectivity index is 1.57. The lowest BCUT2D eigenvalue weighted by molar-refractivity contribution is -0.385. The van der Waals surface area contributed by atoms with Crippen LogP contribution in [0.15, 0.2) is 23.0 Å². The highest BCUT2D eigenvalue weighted by Gasteiger charge is 2.51. The van der Waals surface area contributed by atoms with Crippen LogP contribution >= 0.6 is 0 Å². The van der Waals surface area contributed by atoms with Crippen molar-refractivity contribution in [2.75, 3.05) is 13.6 Å². The summed E-state index contributed by atoms with van der Waals surface area (Å²) in [6, 6.07) is 3.97. The molecule has 1 unspecified atom stereocenters. The zero-order valence-electron chi connectivity index (χ0n) is 20.3. The van der Waals surface area contributed by atoms with E-state index in [4.69, 9.17) is 9.47 Å². The topological polar surface area (TPSA) is 161 Å². The number of benzene rings is 1. The number of nitrogens with zero attached hydrogens (tertiary/aromatic N) is 3. The molecule has 0 aliphatic carbocycles. The van der Waals surface area contributed by atoms with E-state index in [1.807, 2.05) is 0 Å². The van der Waals surface area contributed by atoms with Crippen molar-refractivity contribution in [3.63, 3.8) is 0 Å². The lowest BCUT2D eigenvalue weighted by Gasteiger charge is -2.35. The number of hydrogen-bond donors (Lipinski definition) is 1. The number of carbonyl (C=O) groups is 2. The lowest BCUT2D eigenvalue weighted by atomic mass is 9.85. The highest BCUT2D eigenvalue weighted by Crippen LogP contribution is 2.51. The van der Waals surface area contributed by atoms with Gasteiger partial charge in [0, 0.05) is 17.2 Å². The van der Waals surface area contributed by atoms with Crippen LogP contribution in [-0.2, 0) is 37.8 Å². The second kappa shape index (κ2) is 8.17. The van der Waals surface area contributed by atoms with E-state index in [0.717, 1.165) is 6.07 Å². The number of hydrogen-bond acceptors (Lipinski definition) is 11. The summed E-state index contributed by atoms with van der Waals surface area (Å²) in [4.78, 5) is 54.4. The van der Waals surface area contributed by atoms with E-state index < -0.39 is 51.5 Å². The standard InChI is InChI=1S/C24H18F2N4O9/c1-3-23(38-17(31)7-27-2)13-5-15-18-10(8-29(15)21(32)12(13)9-36-22(23)33)4-11-14(28-18)6-16-20(19(11)30(34)35)39-24(25,26)37-16/h4-6,27H,3,7-9H2,1-2H3. The van der Waals surface area contributed by atoms with Crippen molar-refractivity contribution in [1.82, 2.24) is 14.9 Å². The van der Waals surface area contributed by atoms with Gasteiger partial charge in [-0.05, 0) is 25.6 Å². The molecule has 0 radical (unpaired) electrons. The van der Waals surface area contributed by atoms with Crippen molar-refractivity contribution in [2.45, 2.75) is 38.4 Å². The molecule has 0 spiro atoms. The second-order valence-corrected chi connectivity index (χ2v) is 9.11. The lowest BCUT2D eigenvalue weighted by Crippen LogP contribution is -2.48. The highest BCUT2D eigenvalue weighted by molar-refractivity contribution is 5.96. The first-order valence-corrected chi connectivity index (χ1v) is 11.7. The summed E-state index contributed by atoms with van der Waals surface area (Å²) in [5.41, 5.74) is -2.09.